The molecule has 0 aromatic heterocycles. The highest BCUT2D eigenvalue weighted by molar-refractivity contribution is 5.14. The van der Waals surface area contributed by atoms with Gasteiger partial charge in [0.15, 0.2) is 0 Å². The van der Waals surface area contributed by atoms with Gasteiger partial charge >= 0.3 is 0 Å². The first-order valence-electron chi connectivity index (χ1n) is 7.87. The number of hydrogen-bond donors (Lipinski definition) is 1. The molecule has 104 valence electrons. The molecule has 0 aliphatic carbocycles. The standard InChI is InChI=1S/C17H26N2/c1-2-4-16(5-3-1)12-19-13-17(14-19)7-6-15-8-10-18-11-9-15/h1-5,15,17-18H,6-14H2. The second-order valence-corrected chi connectivity index (χ2v) is 6.32. The van der Waals surface area contributed by atoms with Crippen LogP contribution in [0.4, 0.5) is 0 Å². The van der Waals surface area contributed by atoms with Crippen molar-refractivity contribution >= 4 is 0 Å². The summed E-state index contributed by atoms with van der Waals surface area (Å²) in [7, 11) is 0. The van der Waals surface area contributed by atoms with Gasteiger partial charge in [0, 0.05) is 19.6 Å². The van der Waals surface area contributed by atoms with Crippen molar-refractivity contribution < 1.29 is 0 Å². The van der Waals surface area contributed by atoms with Gasteiger partial charge in [0.2, 0.25) is 0 Å². The molecule has 2 heterocycles. The molecule has 2 aliphatic rings. The lowest BCUT2D eigenvalue weighted by Crippen LogP contribution is -2.46. The van der Waals surface area contributed by atoms with Crippen LogP contribution in [0, 0.1) is 11.8 Å². The summed E-state index contributed by atoms with van der Waals surface area (Å²) in [6.07, 6.45) is 5.72. The van der Waals surface area contributed by atoms with Crippen molar-refractivity contribution in [2.24, 2.45) is 11.8 Å². The summed E-state index contributed by atoms with van der Waals surface area (Å²) >= 11 is 0. The highest BCUT2D eigenvalue weighted by Gasteiger charge is 2.27. The zero-order valence-corrected chi connectivity index (χ0v) is 11.9. The molecule has 0 amide bonds. The molecule has 0 saturated carbocycles. The first kappa shape index (κ1) is 13.1. The van der Waals surface area contributed by atoms with Gasteiger partial charge in [-0.15, -0.1) is 0 Å². The molecule has 2 saturated heterocycles. The Hall–Kier alpha value is -0.860. The SMILES string of the molecule is c1ccc(CN2CC(CCC3CCNCC3)C2)cc1. The molecule has 0 bridgehead atoms. The van der Waals surface area contributed by atoms with E-state index in [-0.39, 0.29) is 0 Å². The van der Waals surface area contributed by atoms with Crippen molar-refractivity contribution in [1.82, 2.24) is 10.2 Å². The van der Waals surface area contributed by atoms with Crippen LogP contribution < -0.4 is 5.32 Å². The highest BCUT2D eigenvalue weighted by Crippen LogP contribution is 2.27. The summed E-state index contributed by atoms with van der Waals surface area (Å²) in [5, 5.41) is 3.46. The fraction of sp³-hybridized carbons (Fsp3) is 0.647. The molecule has 0 radical (unpaired) electrons. The average Bonchev–Trinajstić information content (AvgIpc) is 2.43. The molecule has 3 rings (SSSR count). The second kappa shape index (κ2) is 6.53. The number of likely N-dealkylation sites (tertiary alicyclic amines) is 1. The van der Waals surface area contributed by atoms with Gasteiger partial charge in [-0.25, -0.2) is 0 Å². The van der Waals surface area contributed by atoms with E-state index in [4.69, 9.17) is 0 Å². The van der Waals surface area contributed by atoms with Crippen LogP contribution in [0.15, 0.2) is 30.3 Å². The van der Waals surface area contributed by atoms with Crippen molar-refractivity contribution in [2.75, 3.05) is 26.2 Å². The quantitative estimate of drug-likeness (QED) is 0.873. The molecular formula is C17H26N2. The lowest BCUT2D eigenvalue weighted by Gasteiger charge is -2.40. The van der Waals surface area contributed by atoms with Crippen LogP contribution in [0.25, 0.3) is 0 Å². The van der Waals surface area contributed by atoms with Gasteiger partial charge in [-0.1, -0.05) is 30.3 Å². The minimum atomic E-state index is 0.971. The highest BCUT2D eigenvalue weighted by atomic mass is 15.2. The number of rotatable bonds is 5. The summed E-state index contributed by atoms with van der Waals surface area (Å²) in [4.78, 5) is 2.59. The lowest BCUT2D eigenvalue weighted by molar-refractivity contribution is 0.0801. The van der Waals surface area contributed by atoms with Gasteiger partial charge in [-0.3, -0.25) is 4.90 Å². The Labute approximate surface area is 117 Å². The minimum Gasteiger partial charge on any atom is -0.317 e. The third-order valence-electron chi connectivity index (χ3n) is 4.72. The first-order valence-corrected chi connectivity index (χ1v) is 7.87. The maximum atomic E-state index is 3.46. The normalized spacial score (nSPS) is 22.3. The number of nitrogens with zero attached hydrogens (tertiary/aromatic N) is 1. The smallest absolute Gasteiger partial charge is 0.0233 e. The van der Waals surface area contributed by atoms with E-state index in [9.17, 15) is 0 Å². The van der Waals surface area contributed by atoms with E-state index in [1.165, 1.54) is 57.4 Å². The summed E-state index contributed by atoms with van der Waals surface area (Å²) in [5.41, 5.74) is 1.46. The van der Waals surface area contributed by atoms with Crippen LogP contribution in [0.5, 0.6) is 0 Å². The summed E-state index contributed by atoms with van der Waals surface area (Å²) in [6, 6.07) is 10.9. The van der Waals surface area contributed by atoms with E-state index >= 15 is 0 Å². The Bertz CT molecular complexity index is 364. The van der Waals surface area contributed by atoms with Crippen LogP contribution in [0.1, 0.15) is 31.2 Å². The van der Waals surface area contributed by atoms with Crippen LogP contribution in [0.2, 0.25) is 0 Å². The Morgan fingerprint density at radius 2 is 1.63 bits per heavy atom. The topological polar surface area (TPSA) is 15.3 Å². The zero-order valence-electron chi connectivity index (χ0n) is 11.9. The maximum Gasteiger partial charge on any atom is 0.0233 e. The molecule has 0 spiro atoms. The Kier molecular flexibility index (Phi) is 4.52. The van der Waals surface area contributed by atoms with E-state index in [0.29, 0.717) is 0 Å². The van der Waals surface area contributed by atoms with Gasteiger partial charge < -0.3 is 5.32 Å². The number of benzene rings is 1. The van der Waals surface area contributed by atoms with Gasteiger partial charge in [-0.2, -0.15) is 0 Å². The van der Waals surface area contributed by atoms with Crippen molar-refractivity contribution in [3.05, 3.63) is 35.9 Å². The summed E-state index contributed by atoms with van der Waals surface area (Å²) in [6.45, 7) is 6.27. The lowest BCUT2D eigenvalue weighted by atomic mass is 9.86. The van der Waals surface area contributed by atoms with Crippen molar-refractivity contribution in [1.29, 1.82) is 0 Å². The van der Waals surface area contributed by atoms with Crippen molar-refractivity contribution in [3.8, 4) is 0 Å². The van der Waals surface area contributed by atoms with Gasteiger partial charge in [0.05, 0.1) is 0 Å². The van der Waals surface area contributed by atoms with E-state index in [2.05, 4.69) is 40.5 Å². The Morgan fingerprint density at radius 1 is 0.947 bits per heavy atom. The van der Waals surface area contributed by atoms with Gasteiger partial charge in [-0.05, 0) is 56.2 Å². The number of hydrogen-bond acceptors (Lipinski definition) is 2. The second-order valence-electron chi connectivity index (χ2n) is 6.32. The van der Waals surface area contributed by atoms with Crippen LogP contribution in [0.3, 0.4) is 0 Å². The monoisotopic (exact) mass is 258 g/mol. The van der Waals surface area contributed by atoms with Crippen molar-refractivity contribution in [3.63, 3.8) is 0 Å². The van der Waals surface area contributed by atoms with Gasteiger partial charge in [0.25, 0.3) is 0 Å². The molecule has 1 aromatic carbocycles. The molecule has 0 unspecified atom stereocenters. The molecule has 1 aromatic rings. The molecule has 1 N–H and O–H groups in total. The maximum absolute atomic E-state index is 3.46. The molecule has 2 nitrogen and oxygen atoms in total. The molecule has 2 fully saturated rings. The predicted molar refractivity (Wildman–Crippen MR) is 80.0 cm³/mol. The third-order valence-corrected chi connectivity index (χ3v) is 4.72. The fourth-order valence-electron chi connectivity index (χ4n) is 3.47. The molecule has 0 atom stereocenters. The van der Waals surface area contributed by atoms with Crippen LogP contribution in [-0.2, 0) is 6.54 Å². The fourth-order valence-corrected chi connectivity index (χ4v) is 3.47. The van der Waals surface area contributed by atoms with E-state index in [1.54, 1.807) is 0 Å². The Morgan fingerprint density at radius 3 is 2.37 bits per heavy atom. The number of nitrogens with one attached hydrogen (secondary N) is 1. The van der Waals surface area contributed by atoms with Crippen LogP contribution >= 0.6 is 0 Å². The van der Waals surface area contributed by atoms with E-state index in [1.807, 2.05) is 0 Å². The summed E-state index contributed by atoms with van der Waals surface area (Å²) in [5.74, 6) is 1.98. The molecular weight excluding hydrogens is 232 g/mol. The van der Waals surface area contributed by atoms with Crippen molar-refractivity contribution in [2.45, 2.75) is 32.2 Å². The third kappa shape index (κ3) is 3.80. The minimum absolute atomic E-state index is 0.971. The van der Waals surface area contributed by atoms with Crippen LogP contribution in [-0.4, -0.2) is 31.1 Å². The number of piperidine rings is 1. The molecule has 2 aliphatic heterocycles. The molecule has 2 heteroatoms. The van der Waals surface area contributed by atoms with E-state index in [0.717, 1.165) is 18.4 Å². The van der Waals surface area contributed by atoms with Gasteiger partial charge in [0.1, 0.15) is 0 Å². The zero-order chi connectivity index (χ0) is 12.9. The summed E-state index contributed by atoms with van der Waals surface area (Å²) < 4.78 is 0. The van der Waals surface area contributed by atoms with E-state index < -0.39 is 0 Å². The average molecular weight is 258 g/mol. The molecule has 19 heavy (non-hydrogen) atoms. The largest absolute Gasteiger partial charge is 0.317 e. The first-order chi connectivity index (χ1) is 9.40. The predicted octanol–water partition coefficient (Wildman–Crippen LogP) is 2.90. The Balaban J connectivity index is 1.32.